The molecule has 3 fully saturated rings. The van der Waals surface area contributed by atoms with Crippen molar-refractivity contribution in [1.82, 2.24) is 9.80 Å². The average molecular weight is 416 g/mol. The summed E-state index contributed by atoms with van der Waals surface area (Å²) in [6, 6.07) is 6.03. The summed E-state index contributed by atoms with van der Waals surface area (Å²) in [6.45, 7) is 6.69. The summed E-state index contributed by atoms with van der Waals surface area (Å²) in [5.74, 6) is -0.707. The molecule has 2 atom stereocenters. The van der Waals surface area contributed by atoms with Crippen molar-refractivity contribution >= 4 is 17.7 Å². The van der Waals surface area contributed by atoms with Gasteiger partial charge in [-0.05, 0) is 30.4 Å². The van der Waals surface area contributed by atoms with E-state index in [2.05, 4.69) is 0 Å². The van der Waals surface area contributed by atoms with Gasteiger partial charge < -0.3 is 9.64 Å². The molecule has 2 saturated heterocycles. The lowest BCUT2D eigenvalue weighted by atomic mass is 9.62. The van der Waals surface area contributed by atoms with E-state index in [0.717, 1.165) is 0 Å². The molecule has 2 bridgehead atoms. The third kappa shape index (κ3) is 3.28. The fourth-order valence-electron chi connectivity index (χ4n) is 5.24. The van der Waals surface area contributed by atoms with Crippen LogP contribution in [-0.2, 0) is 14.4 Å². The van der Waals surface area contributed by atoms with Crippen LogP contribution in [0.2, 0.25) is 0 Å². The molecule has 30 heavy (non-hydrogen) atoms. The first-order chi connectivity index (χ1) is 14.1. The summed E-state index contributed by atoms with van der Waals surface area (Å²) in [5.41, 5.74) is -0.981. The van der Waals surface area contributed by atoms with Crippen molar-refractivity contribution in [2.45, 2.75) is 52.6 Å². The lowest BCUT2D eigenvalue weighted by Gasteiger charge is -2.47. The number of halogens is 1. The number of imide groups is 1. The second kappa shape index (κ2) is 7.36. The minimum Gasteiger partial charge on any atom is -0.490 e. The van der Waals surface area contributed by atoms with Crippen LogP contribution in [0.1, 0.15) is 46.5 Å². The molecule has 7 heteroatoms. The van der Waals surface area contributed by atoms with E-state index in [1.54, 1.807) is 17.0 Å². The molecule has 0 N–H and O–H groups in total. The van der Waals surface area contributed by atoms with E-state index in [9.17, 15) is 18.8 Å². The molecular weight excluding hydrogens is 387 g/mol. The number of amides is 3. The zero-order valence-corrected chi connectivity index (χ0v) is 17.8. The highest BCUT2D eigenvalue weighted by molar-refractivity contribution is 6.06. The maximum atomic E-state index is 13.3. The standard InChI is InChI=1S/C23H29FN2O4/c1-22(2)18-7-10-23(22,3)21(29)26(20(18)28)14-19(27)25-11-8-16(9-12-25)30-17-6-4-5-15(24)13-17/h4-6,13,16,18H,7-12,14H2,1-3H3/t18-,23+/m0/s1. The van der Waals surface area contributed by atoms with Crippen LogP contribution in [0.5, 0.6) is 5.75 Å². The third-order valence-corrected chi connectivity index (χ3v) is 7.69. The van der Waals surface area contributed by atoms with Crippen molar-refractivity contribution in [2.24, 2.45) is 16.7 Å². The largest absolute Gasteiger partial charge is 0.490 e. The van der Waals surface area contributed by atoms with Gasteiger partial charge in [-0.25, -0.2) is 4.39 Å². The minimum atomic E-state index is -0.600. The molecule has 1 saturated carbocycles. The van der Waals surface area contributed by atoms with E-state index in [1.165, 1.54) is 17.0 Å². The average Bonchev–Trinajstić information content (AvgIpc) is 2.89. The number of ether oxygens (including phenoxy) is 1. The van der Waals surface area contributed by atoms with Crippen LogP contribution >= 0.6 is 0 Å². The van der Waals surface area contributed by atoms with Gasteiger partial charge >= 0.3 is 0 Å². The molecule has 0 unspecified atom stereocenters. The highest BCUT2D eigenvalue weighted by Crippen LogP contribution is 2.60. The Balaban J connectivity index is 1.35. The van der Waals surface area contributed by atoms with Crippen molar-refractivity contribution in [1.29, 1.82) is 0 Å². The molecule has 6 nitrogen and oxygen atoms in total. The van der Waals surface area contributed by atoms with Crippen molar-refractivity contribution in [3.8, 4) is 5.75 Å². The predicted molar refractivity (Wildman–Crippen MR) is 108 cm³/mol. The minimum absolute atomic E-state index is 0.0929. The molecule has 1 aromatic carbocycles. The first kappa shape index (κ1) is 20.8. The molecule has 4 rings (SSSR count). The second-order valence-electron chi connectivity index (χ2n) is 9.53. The smallest absolute Gasteiger partial charge is 0.242 e. The Labute approximate surface area is 176 Å². The fourth-order valence-corrected chi connectivity index (χ4v) is 5.24. The van der Waals surface area contributed by atoms with E-state index in [1.807, 2.05) is 20.8 Å². The number of nitrogens with zero attached hydrogens (tertiary/aromatic N) is 2. The molecule has 162 valence electrons. The van der Waals surface area contributed by atoms with Crippen molar-refractivity contribution < 1.29 is 23.5 Å². The summed E-state index contributed by atoms with van der Waals surface area (Å²) < 4.78 is 19.1. The number of rotatable bonds is 4. The van der Waals surface area contributed by atoms with Crippen molar-refractivity contribution in [3.63, 3.8) is 0 Å². The summed E-state index contributed by atoms with van der Waals surface area (Å²) in [4.78, 5) is 41.8. The fraction of sp³-hybridized carbons (Fsp3) is 0.609. The van der Waals surface area contributed by atoms with Crippen LogP contribution in [0, 0.1) is 22.6 Å². The summed E-state index contributed by atoms with van der Waals surface area (Å²) >= 11 is 0. The number of carbonyl (C=O) groups is 3. The molecule has 0 aromatic heterocycles. The monoisotopic (exact) mass is 416 g/mol. The highest BCUT2D eigenvalue weighted by atomic mass is 19.1. The van der Waals surface area contributed by atoms with Gasteiger partial charge in [0.1, 0.15) is 24.2 Å². The van der Waals surface area contributed by atoms with Gasteiger partial charge in [-0.2, -0.15) is 0 Å². The van der Waals surface area contributed by atoms with E-state index < -0.39 is 5.41 Å². The van der Waals surface area contributed by atoms with Gasteiger partial charge in [0.25, 0.3) is 0 Å². The number of benzene rings is 1. The third-order valence-electron chi connectivity index (χ3n) is 7.69. The molecule has 1 aliphatic carbocycles. The number of hydrogen-bond donors (Lipinski definition) is 0. The number of likely N-dealkylation sites (tertiary alicyclic amines) is 2. The highest BCUT2D eigenvalue weighted by Gasteiger charge is 2.64. The Kier molecular flexibility index (Phi) is 5.11. The Morgan fingerprint density at radius 3 is 2.53 bits per heavy atom. The molecule has 0 radical (unpaired) electrons. The summed E-state index contributed by atoms with van der Waals surface area (Å²) in [5, 5.41) is 0. The van der Waals surface area contributed by atoms with E-state index in [0.29, 0.717) is 44.5 Å². The molecule has 2 aliphatic heterocycles. The molecule has 1 aromatic rings. The lowest BCUT2D eigenvalue weighted by molar-refractivity contribution is -0.170. The molecule has 3 aliphatic rings. The molecule has 0 spiro atoms. The first-order valence-electron chi connectivity index (χ1n) is 10.7. The van der Waals surface area contributed by atoms with Gasteiger partial charge in [0.2, 0.25) is 17.7 Å². The Hall–Kier alpha value is -2.44. The molecule has 3 amide bonds. The quantitative estimate of drug-likeness (QED) is 0.708. The van der Waals surface area contributed by atoms with Crippen molar-refractivity contribution in [3.05, 3.63) is 30.1 Å². The van der Waals surface area contributed by atoms with Gasteiger partial charge in [0, 0.05) is 37.9 Å². The zero-order chi connectivity index (χ0) is 21.7. The van der Waals surface area contributed by atoms with E-state index >= 15 is 0 Å². The number of fused-ring (bicyclic) bond motifs is 2. The van der Waals surface area contributed by atoms with Crippen LogP contribution < -0.4 is 4.74 Å². The van der Waals surface area contributed by atoms with Gasteiger partial charge in [0.15, 0.2) is 0 Å². The van der Waals surface area contributed by atoms with Crippen LogP contribution in [0.3, 0.4) is 0 Å². The van der Waals surface area contributed by atoms with Crippen LogP contribution in [0.25, 0.3) is 0 Å². The summed E-state index contributed by atoms with van der Waals surface area (Å²) in [7, 11) is 0. The topological polar surface area (TPSA) is 66.9 Å². The van der Waals surface area contributed by atoms with Crippen LogP contribution in [-0.4, -0.2) is 53.3 Å². The van der Waals surface area contributed by atoms with Gasteiger partial charge in [0.05, 0.1) is 5.41 Å². The van der Waals surface area contributed by atoms with Crippen LogP contribution in [0.15, 0.2) is 24.3 Å². The molecule has 2 heterocycles. The van der Waals surface area contributed by atoms with Gasteiger partial charge in [-0.15, -0.1) is 0 Å². The Bertz CT molecular complexity index is 878. The van der Waals surface area contributed by atoms with Crippen LogP contribution in [0.4, 0.5) is 4.39 Å². The van der Waals surface area contributed by atoms with E-state index in [-0.39, 0.29) is 47.5 Å². The number of piperidine rings is 2. The second-order valence-corrected chi connectivity index (χ2v) is 9.53. The zero-order valence-electron chi connectivity index (χ0n) is 17.8. The van der Waals surface area contributed by atoms with Gasteiger partial charge in [-0.3, -0.25) is 19.3 Å². The SMILES string of the molecule is CC1(C)[C@H]2CC[C@]1(C)C(=O)N(CC(=O)N1CCC(Oc3cccc(F)c3)CC1)C2=O. The number of hydrogen-bond acceptors (Lipinski definition) is 4. The predicted octanol–water partition coefficient (Wildman–Crippen LogP) is 3.01. The lowest BCUT2D eigenvalue weighted by Crippen LogP contribution is -2.61. The Morgan fingerprint density at radius 2 is 1.87 bits per heavy atom. The first-order valence-corrected chi connectivity index (χ1v) is 10.7. The van der Waals surface area contributed by atoms with Gasteiger partial charge in [-0.1, -0.05) is 26.8 Å². The van der Waals surface area contributed by atoms with E-state index in [4.69, 9.17) is 4.74 Å². The molecular formula is C23H29FN2O4. The summed E-state index contributed by atoms with van der Waals surface area (Å²) in [6.07, 6.45) is 2.53. The van der Waals surface area contributed by atoms with Crippen molar-refractivity contribution in [2.75, 3.05) is 19.6 Å². The number of carbonyl (C=O) groups excluding carboxylic acids is 3. The maximum Gasteiger partial charge on any atom is 0.242 e. The maximum absolute atomic E-state index is 13.3. The Morgan fingerprint density at radius 1 is 1.17 bits per heavy atom. The normalized spacial score (nSPS) is 28.7.